The van der Waals surface area contributed by atoms with Crippen LogP contribution < -0.4 is 5.32 Å². The zero-order chi connectivity index (χ0) is 20.3. The lowest BCUT2D eigenvalue weighted by molar-refractivity contribution is -0.117. The number of amides is 1. The highest BCUT2D eigenvalue weighted by molar-refractivity contribution is 7.99. The molecule has 1 aliphatic rings. The van der Waals surface area contributed by atoms with Gasteiger partial charge in [-0.05, 0) is 74.8 Å². The maximum absolute atomic E-state index is 12.3. The maximum atomic E-state index is 12.3. The van der Waals surface area contributed by atoms with E-state index in [2.05, 4.69) is 37.4 Å². The molecule has 0 saturated carbocycles. The summed E-state index contributed by atoms with van der Waals surface area (Å²) in [7, 11) is -1.15. The Balaban J connectivity index is 1.53. The van der Waals surface area contributed by atoms with Gasteiger partial charge < -0.3 is 5.32 Å². The monoisotopic (exact) mass is 418 g/mol. The highest BCUT2D eigenvalue weighted by Crippen LogP contribution is 2.29. The molecule has 5 nitrogen and oxygen atoms in total. The van der Waals surface area contributed by atoms with Gasteiger partial charge in [-0.1, -0.05) is 17.8 Å². The van der Waals surface area contributed by atoms with Gasteiger partial charge >= 0.3 is 0 Å². The first kappa shape index (κ1) is 20.9. The lowest BCUT2D eigenvalue weighted by Crippen LogP contribution is -2.38. The predicted octanol–water partition coefficient (Wildman–Crippen LogP) is 3.51. The van der Waals surface area contributed by atoms with Crippen LogP contribution in [-0.2, 0) is 14.6 Å². The Morgan fingerprint density at radius 2 is 1.79 bits per heavy atom. The molecule has 1 saturated heterocycles. The van der Waals surface area contributed by atoms with Crippen LogP contribution in [0.1, 0.15) is 17.5 Å². The minimum Gasteiger partial charge on any atom is -0.325 e. The van der Waals surface area contributed by atoms with Crippen LogP contribution in [0.15, 0.2) is 52.3 Å². The maximum Gasteiger partial charge on any atom is 0.238 e. The fourth-order valence-corrected chi connectivity index (χ4v) is 5.92. The Labute approximate surface area is 171 Å². The van der Waals surface area contributed by atoms with Crippen molar-refractivity contribution in [1.82, 2.24) is 4.90 Å². The van der Waals surface area contributed by atoms with E-state index in [0.717, 1.165) is 10.6 Å². The van der Waals surface area contributed by atoms with Crippen molar-refractivity contribution in [1.29, 1.82) is 0 Å². The number of likely N-dealkylation sites (N-methyl/N-ethyl adjacent to an activating group) is 1. The summed E-state index contributed by atoms with van der Waals surface area (Å²) < 4.78 is 23.2. The van der Waals surface area contributed by atoms with Crippen LogP contribution in [-0.4, -0.2) is 50.4 Å². The molecule has 3 rings (SSSR count). The van der Waals surface area contributed by atoms with Crippen molar-refractivity contribution in [2.75, 3.05) is 30.4 Å². The Morgan fingerprint density at radius 3 is 2.39 bits per heavy atom. The highest BCUT2D eigenvalue weighted by Gasteiger charge is 2.31. The second-order valence-electron chi connectivity index (χ2n) is 7.39. The van der Waals surface area contributed by atoms with Crippen LogP contribution in [0.4, 0.5) is 5.69 Å². The third-order valence-electron chi connectivity index (χ3n) is 5.08. The highest BCUT2D eigenvalue weighted by atomic mass is 32.2. The zero-order valence-corrected chi connectivity index (χ0v) is 18.1. The predicted molar refractivity (Wildman–Crippen MR) is 115 cm³/mol. The topological polar surface area (TPSA) is 66.5 Å². The van der Waals surface area contributed by atoms with E-state index in [1.165, 1.54) is 16.0 Å². The third kappa shape index (κ3) is 5.59. The number of sulfone groups is 1. The summed E-state index contributed by atoms with van der Waals surface area (Å²) >= 11 is 1.69. The minimum atomic E-state index is -2.95. The van der Waals surface area contributed by atoms with E-state index in [0.29, 0.717) is 6.42 Å². The molecular formula is C21H26N2O3S2. The molecular weight excluding hydrogens is 392 g/mol. The van der Waals surface area contributed by atoms with Crippen LogP contribution in [0, 0.1) is 13.8 Å². The molecule has 1 fully saturated rings. The van der Waals surface area contributed by atoms with Crippen molar-refractivity contribution in [3.05, 3.63) is 53.6 Å². The van der Waals surface area contributed by atoms with Crippen molar-refractivity contribution in [3.63, 3.8) is 0 Å². The Morgan fingerprint density at radius 1 is 1.11 bits per heavy atom. The standard InChI is InChI=1S/C21H26N2O3S2/c1-15-4-7-20(12-16(15)2)27-19-8-5-17(6-9-19)22-21(24)13-23(3)18-10-11-28(25,26)14-18/h4-9,12,18H,10-11,13-14H2,1-3H3,(H,22,24). The second kappa shape index (κ2) is 8.68. The molecule has 1 atom stereocenters. The Hall–Kier alpha value is -1.83. The van der Waals surface area contributed by atoms with Gasteiger partial charge in [0.25, 0.3) is 0 Å². The molecule has 0 radical (unpaired) electrons. The second-order valence-corrected chi connectivity index (χ2v) is 10.8. The number of carbonyl (C=O) groups is 1. The van der Waals surface area contributed by atoms with E-state index >= 15 is 0 Å². The first-order valence-corrected chi connectivity index (χ1v) is 11.9. The molecule has 7 heteroatoms. The van der Waals surface area contributed by atoms with Crippen molar-refractivity contribution < 1.29 is 13.2 Å². The first-order chi connectivity index (χ1) is 13.2. The van der Waals surface area contributed by atoms with Crippen LogP contribution in [0.25, 0.3) is 0 Å². The van der Waals surface area contributed by atoms with Crippen molar-refractivity contribution in [2.45, 2.75) is 36.1 Å². The van der Waals surface area contributed by atoms with Crippen LogP contribution in [0.3, 0.4) is 0 Å². The molecule has 1 amide bonds. The lowest BCUT2D eigenvalue weighted by atomic mass is 10.1. The zero-order valence-electron chi connectivity index (χ0n) is 16.4. The largest absolute Gasteiger partial charge is 0.325 e. The summed E-state index contributed by atoms with van der Waals surface area (Å²) in [5, 5.41) is 2.89. The van der Waals surface area contributed by atoms with Crippen molar-refractivity contribution in [3.8, 4) is 0 Å². The molecule has 0 spiro atoms. The van der Waals surface area contributed by atoms with E-state index in [1.54, 1.807) is 18.8 Å². The summed E-state index contributed by atoms with van der Waals surface area (Å²) in [4.78, 5) is 16.4. The molecule has 1 unspecified atom stereocenters. The molecule has 0 aliphatic carbocycles. The summed E-state index contributed by atoms with van der Waals surface area (Å²) in [6.07, 6.45) is 0.594. The number of benzene rings is 2. The number of anilines is 1. The van der Waals surface area contributed by atoms with E-state index in [9.17, 15) is 13.2 Å². The van der Waals surface area contributed by atoms with Gasteiger partial charge in [0.1, 0.15) is 0 Å². The molecule has 150 valence electrons. The number of carbonyl (C=O) groups excluding carboxylic acids is 1. The van der Waals surface area contributed by atoms with Crippen molar-refractivity contribution in [2.24, 2.45) is 0 Å². The molecule has 1 N–H and O–H groups in total. The molecule has 2 aromatic carbocycles. The Bertz CT molecular complexity index is 956. The normalized spacial score (nSPS) is 18.4. The van der Waals surface area contributed by atoms with Crippen molar-refractivity contribution >= 4 is 33.2 Å². The number of nitrogens with one attached hydrogen (secondary N) is 1. The average molecular weight is 419 g/mol. The van der Waals surface area contributed by atoms with E-state index in [1.807, 2.05) is 29.2 Å². The van der Waals surface area contributed by atoms with E-state index < -0.39 is 9.84 Å². The number of nitrogens with zero attached hydrogens (tertiary/aromatic N) is 1. The molecule has 28 heavy (non-hydrogen) atoms. The van der Waals surface area contributed by atoms with Gasteiger partial charge in [-0.25, -0.2) is 8.42 Å². The first-order valence-electron chi connectivity index (χ1n) is 9.27. The number of hydrogen-bond donors (Lipinski definition) is 1. The van der Waals surface area contributed by atoms with Gasteiger partial charge in [-0.3, -0.25) is 9.69 Å². The fourth-order valence-electron chi connectivity index (χ4n) is 3.20. The molecule has 1 heterocycles. The number of hydrogen-bond acceptors (Lipinski definition) is 5. The smallest absolute Gasteiger partial charge is 0.238 e. The Kier molecular flexibility index (Phi) is 6.47. The quantitative estimate of drug-likeness (QED) is 0.778. The summed E-state index contributed by atoms with van der Waals surface area (Å²) in [6.45, 7) is 4.39. The van der Waals surface area contributed by atoms with Gasteiger partial charge in [0.15, 0.2) is 9.84 Å². The van der Waals surface area contributed by atoms with Gasteiger partial charge in [0.05, 0.1) is 18.1 Å². The van der Waals surface area contributed by atoms with Crippen LogP contribution in [0.5, 0.6) is 0 Å². The molecule has 0 bridgehead atoms. The summed E-state index contributed by atoms with van der Waals surface area (Å²) in [5.74, 6) is 0.214. The SMILES string of the molecule is Cc1ccc(Sc2ccc(NC(=O)CN(C)C3CCS(=O)(=O)C3)cc2)cc1C. The number of rotatable bonds is 6. The van der Waals surface area contributed by atoms with Gasteiger partial charge in [-0.15, -0.1) is 0 Å². The minimum absolute atomic E-state index is 0.0764. The van der Waals surface area contributed by atoms with E-state index in [-0.39, 0.29) is 30.0 Å². The van der Waals surface area contributed by atoms with Crippen LogP contribution in [0.2, 0.25) is 0 Å². The molecule has 1 aliphatic heterocycles. The molecule has 2 aromatic rings. The van der Waals surface area contributed by atoms with Gasteiger partial charge in [-0.2, -0.15) is 0 Å². The summed E-state index contributed by atoms with van der Waals surface area (Å²) in [5.41, 5.74) is 3.29. The number of aryl methyl sites for hydroxylation is 2. The average Bonchev–Trinajstić information content (AvgIpc) is 3.00. The lowest BCUT2D eigenvalue weighted by Gasteiger charge is -2.22. The van der Waals surface area contributed by atoms with E-state index in [4.69, 9.17) is 0 Å². The molecule has 0 aromatic heterocycles. The summed E-state index contributed by atoms with van der Waals surface area (Å²) in [6, 6.07) is 14.1. The van der Waals surface area contributed by atoms with Gasteiger partial charge in [0.2, 0.25) is 5.91 Å². The third-order valence-corrected chi connectivity index (χ3v) is 7.82. The van der Waals surface area contributed by atoms with Crippen LogP contribution >= 0.6 is 11.8 Å². The fraction of sp³-hybridized carbons (Fsp3) is 0.381. The van der Waals surface area contributed by atoms with Gasteiger partial charge in [0, 0.05) is 21.5 Å².